The summed E-state index contributed by atoms with van der Waals surface area (Å²) < 4.78 is 5.44. The van der Waals surface area contributed by atoms with Crippen LogP contribution in [0.25, 0.3) is 0 Å². The molecular weight excluding hydrogens is 238 g/mol. The molecule has 0 spiro atoms. The van der Waals surface area contributed by atoms with E-state index in [4.69, 9.17) is 4.74 Å². The number of nitrogens with zero attached hydrogens (tertiary/aromatic N) is 3. The first kappa shape index (κ1) is 12.3. The Bertz CT molecular complexity index is 458. The molecule has 19 heavy (non-hydrogen) atoms. The summed E-state index contributed by atoms with van der Waals surface area (Å²) in [5.41, 5.74) is 2.25. The summed E-state index contributed by atoms with van der Waals surface area (Å²) in [5.74, 6) is 0. The fourth-order valence-electron chi connectivity index (χ4n) is 2.50. The number of aromatic nitrogens is 2. The third kappa shape index (κ3) is 2.80. The van der Waals surface area contributed by atoms with E-state index < -0.39 is 0 Å². The Morgan fingerprint density at radius 2 is 1.79 bits per heavy atom. The van der Waals surface area contributed by atoms with Crippen LogP contribution in [0.4, 0.5) is 0 Å². The molecule has 0 saturated carbocycles. The molecule has 1 fully saturated rings. The SMILES string of the molecule is c1ccc(C(c2cccnn2)N2CCOCC2)cc1. The van der Waals surface area contributed by atoms with Gasteiger partial charge in [-0.2, -0.15) is 10.2 Å². The molecule has 1 saturated heterocycles. The molecule has 0 radical (unpaired) electrons. The molecule has 2 aromatic rings. The van der Waals surface area contributed by atoms with Crippen LogP contribution in [0.1, 0.15) is 17.3 Å². The lowest BCUT2D eigenvalue weighted by Gasteiger charge is -2.34. The molecule has 3 rings (SSSR count). The molecule has 1 unspecified atom stereocenters. The molecule has 0 N–H and O–H groups in total. The monoisotopic (exact) mass is 255 g/mol. The molecular formula is C15H17N3O. The lowest BCUT2D eigenvalue weighted by Crippen LogP contribution is -2.39. The van der Waals surface area contributed by atoms with Crippen molar-refractivity contribution in [3.8, 4) is 0 Å². The van der Waals surface area contributed by atoms with Gasteiger partial charge < -0.3 is 4.74 Å². The molecule has 1 aliphatic heterocycles. The van der Waals surface area contributed by atoms with E-state index in [1.54, 1.807) is 6.20 Å². The summed E-state index contributed by atoms with van der Waals surface area (Å²) in [6.07, 6.45) is 1.71. The van der Waals surface area contributed by atoms with E-state index in [0.717, 1.165) is 32.0 Å². The summed E-state index contributed by atoms with van der Waals surface area (Å²) in [6.45, 7) is 3.42. The maximum Gasteiger partial charge on any atom is 0.0848 e. The second kappa shape index (κ2) is 5.91. The van der Waals surface area contributed by atoms with Gasteiger partial charge in [0.2, 0.25) is 0 Å². The van der Waals surface area contributed by atoms with Crippen LogP contribution in [0.3, 0.4) is 0 Å². The summed E-state index contributed by atoms with van der Waals surface area (Å²) in [4.78, 5) is 2.41. The molecule has 0 bridgehead atoms. The van der Waals surface area contributed by atoms with Gasteiger partial charge in [-0.15, -0.1) is 0 Å². The van der Waals surface area contributed by atoms with Crippen molar-refractivity contribution < 1.29 is 4.74 Å². The number of hydrogen-bond donors (Lipinski definition) is 0. The molecule has 98 valence electrons. The van der Waals surface area contributed by atoms with Crippen LogP contribution < -0.4 is 0 Å². The van der Waals surface area contributed by atoms with E-state index in [1.165, 1.54) is 5.56 Å². The first-order chi connectivity index (χ1) is 9.45. The quantitative estimate of drug-likeness (QED) is 0.839. The van der Waals surface area contributed by atoms with Gasteiger partial charge in [-0.05, 0) is 17.7 Å². The molecule has 4 nitrogen and oxygen atoms in total. The van der Waals surface area contributed by atoms with Gasteiger partial charge in [0.25, 0.3) is 0 Å². The van der Waals surface area contributed by atoms with Crippen molar-refractivity contribution in [2.24, 2.45) is 0 Å². The predicted octanol–water partition coefficient (Wildman–Crippen LogP) is 1.90. The Morgan fingerprint density at radius 1 is 1.00 bits per heavy atom. The van der Waals surface area contributed by atoms with Crippen LogP contribution in [-0.4, -0.2) is 41.4 Å². The van der Waals surface area contributed by atoms with E-state index in [1.807, 2.05) is 18.2 Å². The van der Waals surface area contributed by atoms with Gasteiger partial charge in [-0.1, -0.05) is 30.3 Å². The molecule has 1 aromatic carbocycles. The van der Waals surface area contributed by atoms with Gasteiger partial charge in [0.1, 0.15) is 0 Å². The molecule has 2 heterocycles. The van der Waals surface area contributed by atoms with Crippen LogP contribution in [0, 0.1) is 0 Å². The summed E-state index contributed by atoms with van der Waals surface area (Å²) >= 11 is 0. The minimum absolute atomic E-state index is 0.166. The molecule has 1 atom stereocenters. The zero-order valence-corrected chi connectivity index (χ0v) is 10.8. The number of ether oxygens (including phenoxy) is 1. The summed E-state index contributed by atoms with van der Waals surface area (Å²) in [5, 5.41) is 8.32. The number of hydrogen-bond acceptors (Lipinski definition) is 4. The first-order valence-electron chi connectivity index (χ1n) is 6.59. The highest BCUT2D eigenvalue weighted by molar-refractivity contribution is 5.27. The van der Waals surface area contributed by atoms with Gasteiger partial charge in [0, 0.05) is 19.3 Å². The Morgan fingerprint density at radius 3 is 2.47 bits per heavy atom. The zero-order valence-electron chi connectivity index (χ0n) is 10.8. The van der Waals surface area contributed by atoms with Gasteiger partial charge in [0.05, 0.1) is 24.9 Å². The summed E-state index contributed by atoms with van der Waals surface area (Å²) in [7, 11) is 0. The van der Waals surface area contributed by atoms with Gasteiger partial charge in [0.15, 0.2) is 0 Å². The van der Waals surface area contributed by atoms with E-state index in [2.05, 4.69) is 39.4 Å². The number of benzene rings is 1. The van der Waals surface area contributed by atoms with Crippen molar-refractivity contribution in [2.75, 3.05) is 26.3 Å². The minimum Gasteiger partial charge on any atom is -0.379 e. The lowest BCUT2D eigenvalue weighted by molar-refractivity contribution is 0.0231. The molecule has 0 aliphatic carbocycles. The Balaban J connectivity index is 1.96. The van der Waals surface area contributed by atoms with Crippen molar-refractivity contribution in [1.29, 1.82) is 0 Å². The van der Waals surface area contributed by atoms with Gasteiger partial charge in [-0.25, -0.2) is 0 Å². The van der Waals surface area contributed by atoms with Crippen molar-refractivity contribution in [3.05, 3.63) is 59.9 Å². The van der Waals surface area contributed by atoms with Gasteiger partial charge >= 0.3 is 0 Å². The highest BCUT2D eigenvalue weighted by Gasteiger charge is 2.25. The van der Waals surface area contributed by atoms with E-state index in [-0.39, 0.29) is 6.04 Å². The summed E-state index contributed by atoms with van der Waals surface area (Å²) in [6, 6.07) is 14.6. The third-order valence-electron chi connectivity index (χ3n) is 3.40. The fraction of sp³-hybridized carbons (Fsp3) is 0.333. The topological polar surface area (TPSA) is 38.2 Å². The third-order valence-corrected chi connectivity index (χ3v) is 3.40. The first-order valence-corrected chi connectivity index (χ1v) is 6.59. The molecule has 1 aromatic heterocycles. The highest BCUT2D eigenvalue weighted by atomic mass is 16.5. The average molecular weight is 255 g/mol. The highest BCUT2D eigenvalue weighted by Crippen LogP contribution is 2.27. The second-order valence-corrected chi connectivity index (χ2v) is 4.61. The smallest absolute Gasteiger partial charge is 0.0848 e. The largest absolute Gasteiger partial charge is 0.379 e. The van der Waals surface area contributed by atoms with Gasteiger partial charge in [-0.3, -0.25) is 4.90 Å². The van der Waals surface area contributed by atoms with E-state index in [9.17, 15) is 0 Å². The number of rotatable bonds is 3. The molecule has 1 aliphatic rings. The van der Waals surface area contributed by atoms with Crippen molar-refractivity contribution in [3.63, 3.8) is 0 Å². The van der Waals surface area contributed by atoms with Crippen molar-refractivity contribution >= 4 is 0 Å². The standard InChI is InChI=1S/C15H17N3O/c1-2-5-13(6-3-1)15(14-7-4-8-16-17-14)18-9-11-19-12-10-18/h1-8,15H,9-12H2. The normalized spacial score (nSPS) is 18.1. The van der Waals surface area contributed by atoms with Crippen LogP contribution in [0.15, 0.2) is 48.7 Å². The van der Waals surface area contributed by atoms with Crippen LogP contribution in [0.5, 0.6) is 0 Å². The van der Waals surface area contributed by atoms with Crippen molar-refractivity contribution in [1.82, 2.24) is 15.1 Å². The lowest BCUT2D eigenvalue weighted by atomic mass is 10.0. The Hall–Kier alpha value is -1.78. The average Bonchev–Trinajstić information content (AvgIpc) is 2.51. The second-order valence-electron chi connectivity index (χ2n) is 4.61. The maximum atomic E-state index is 5.44. The van der Waals surface area contributed by atoms with E-state index in [0.29, 0.717) is 0 Å². The minimum atomic E-state index is 0.166. The Kier molecular flexibility index (Phi) is 3.81. The van der Waals surface area contributed by atoms with Crippen LogP contribution >= 0.6 is 0 Å². The predicted molar refractivity (Wildman–Crippen MR) is 72.7 cm³/mol. The van der Waals surface area contributed by atoms with Crippen molar-refractivity contribution in [2.45, 2.75) is 6.04 Å². The zero-order chi connectivity index (χ0) is 12.9. The molecule has 4 heteroatoms. The maximum absolute atomic E-state index is 5.44. The van der Waals surface area contributed by atoms with E-state index >= 15 is 0 Å². The number of morpholine rings is 1. The Labute approximate surface area is 113 Å². The fourth-order valence-corrected chi connectivity index (χ4v) is 2.50. The van der Waals surface area contributed by atoms with Crippen LogP contribution in [-0.2, 0) is 4.74 Å². The molecule has 0 amide bonds. The van der Waals surface area contributed by atoms with Crippen LogP contribution in [0.2, 0.25) is 0 Å².